The average Bonchev–Trinajstić information content (AvgIpc) is 3.71. The summed E-state index contributed by atoms with van der Waals surface area (Å²) in [5, 5.41) is 12.3. The topological polar surface area (TPSA) is 50.9 Å². The van der Waals surface area contributed by atoms with Crippen LogP contribution >= 0.6 is 0 Å². The summed E-state index contributed by atoms with van der Waals surface area (Å²) in [6.45, 7) is 20.1. The van der Waals surface area contributed by atoms with Crippen LogP contribution in [-0.2, 0) is 11.8 Å². The van der Waals surface area contributed by atoms with Crippen molar-refractivity contribution in [3.05, 3.63) is 192 Å². The van der Waals surface area contributed by atoms with Crippen LogP contribution in [0.4, 0.5) is 0 Å². The number of para-hydroxylation sites is 1. The van der Waals surface area contributed by atoms with E-state index in [0.29, 0.717) is 11.7 Å². The lowest BCUT2D eigenvalue weighted by Crippen LogP contribution is -2.11. The van der Waals surface area contributed by atoms with Crippen molar-refractivity contribution in [2.24, 2.45) is 5.92 Å². The first-order chi connectivity index (χ1) is 31.7. The van der Waals surface area contributed by atoms with Crippen molar-refractivity contribution in [1.29, 1.82) is 0 Å². The van der Waals surface area contributed by atoms with Gasteiger partial charge in [0.05, 0.1) is 28.0 Å². The van der Waals surface area contributed by atoms with Gasteiger partial charge in [-0.15, -0.1) is 0 Å². The highest BCUT2D eigenvalue weighted by Crippen LogP contribution is 2.44. The van der Waals surface area contributed by atoms with Gasteiger partial charge in [0.15, 0.2) is 0 Å². The van der Waals surface area contributed by atoms with Gasteiger partial charge in [-0.05, 0) is 134 Å². The van der Waals surface area contributed by atoms with Crippen molar-refractivity contribution >= 4 is 11.0 Å². The van der Waals surface area contributed by atoms with Gasteiger partial charge < -0.3 is 5.11 Å². The Kier molecular flexibility index (Phi) is 12.1. The Labute approximate surface area is 391 Å². The van der Waals surface area contributed by atoms with Crippen molar-refractivity contribution in [2.75, 3.05) is 0 Å². The second-order valence-corrected chi connectivity index (χ2v) is 20.0. The van der Waals surface area contributed by atoms with Crippen LogP contribution in [0, 0.1) is 5.92 Å². The summed E-state index contributed by atoms with van der Waals surface area (Å²) in [6.07, 6.45) is 2.90. The lowest BCUT2D eigenvalue weighted by Gasteiger charge is -2.22. The Morgan fingerprint density at radius 3 is 1.83 bits per heavy atom. The summed E-state index contributed by atoms with van der Waals surface area (Å²) in [7, 11) is 0. The minimum absolute atomic E-state index is 0.116. The van der Waals surface area contributed by atoms with Gasteiger partial charge in [-0.25, -0.2) is 4.98 Å². The standard InChI is InChI=1S/C62H61N3O/c1-39(2)31-42-23-28-57(54(32-42)46-19-14-11-15-20-46)65-58-22-16-21-52(59(58)64-61(65)55-37-48(40(3)4)36-53(41(5)6)60(55)66)49-33-50(35-51(34-49)62(7,8)9)56-38-47(29-30-63-56)45-26-24-44(25-27-45)43-17-12-10-13-18-43/h10-30,32-41,66H,31H2,1-9H3. The van der Waals surface area contributed by atoms with E-state index in [1.807, 2.05) is 6.20 Å². The lowest BCUT2D eigenvalue weighted by atomic mass is 9.83. The van der Waals surface area contributed by atoms with E-state index in [9.17, 15) is 5.11 Å². The van der Waals surface area contributed by atoms with Crippen molar-refractivity contribution in [1.82, 2.24) is 14.5 Å². The number of aromatic nitrogens is 3. The number of rotatable bonds is 11. The van der Waals surface area contributed by atoms with E-state index in [1.165, 1.54) is 27.8 Å². The molecule has 4 nitrogen and oxygen atoms in total. The van der Waals surface area contributed by atoms with Gasteiger partial charge in [0, 0.05) is 22.9 Å². The molecule has 0 aliphatic carbocycles. The third-order valence-electron chi connectivity index (χ3n) is 12.9. The molecule has 0 spiro atoms. The molecule has 0 saturated heterocycles. The first-order valence-corrected chi connectivity index (χ1v) is 23.6. The number of pyridine rings is 1. The number of nitrogens with zero attached hydrogens (tertiary/aromatic N) is 3. The summed E-state index contributed by atoms with van der Waals surface area (Å²) >= 11 is 0. The van der Waals surface area contributed by atoms with Crippen LogP contribution in [0.15, 0.2) is 170 Å². The molecule has 0 unspecified atom stereocenters. The smallest absolute Gasteiger partial charge is 0.149 e. The van der Waals surface area contributed by atoms with Crippen LogP contribution < -0.4 is 0 Å². The van der Waals surface area contributed by atoms with Crippen molar-refractivity contribution in [3.63, 3.8) is 0 Å². The second kappa shape index (κ2) is 18.1. The van der Waals surface area contributed by atoms with Gasteiger partial charge in [-0.1, -0.05) is 178 Å². The van der Waals surface area contributed by atoms with E-state index in [-0.39, 0.29) is 23.0 Å². The van der Waals surface area contributed by atoms with Gasteiger partial charge in [0.2, 0.25) is 0 Å². The van der Waals surface area contributed by atoms with E-state index in [2.05, 4.69) is 231 Å². The fourth-order valence-electron chi connectivity index (χ4n) is 9.22. The maximum atomic E-state index is 12.3. The largest absolute Gasteiger partial charge is 0.507 e. The van der Waals surface area contributed by atoms with Crippen LogP contribution in [-0.4, -0.2) is 19.6 Å². The molecule has 2 heterocycles. The Morgan fingerprint density at radius 1 is 0.530 bits per heavy atom. The van der Waals surface area contributed by atoms with Crippen LogP contribution in [0.5, 0.6) is 5.75 Å². The van der Waals surface area contributed by atoms with E-state index < -0.39 is 0 Å². The van der Waals surface area contributed by atoms with Gasteiger partial charge in [-0.3, -0.25) is 9.55 Å². The molecule has 0 fully saturated rings. The molecule has 0 radical (unpaired) electrons. The number of aromatic hydroxyl groups is 1. The summed E-state index contributed by atoms with van der Waals surface area (Å²) in [5.74, 6) is 1.88. The van der Waals surface area contributed by atoms with Gasteiger partial charge >= 0.3 is 0 Å². The van der Waals surface area contributed by atoms with E-state index in [0.717, 1.165) is 78.9 Å². The highest BCUT2D eigenvalue weighted by Gasteiger charge is 2.26. The van der Waals surface area contributed by atoms with E-state index in [4.69, 9.17) is 9.97 Å². The average molecular weight is 864 g/mol. The highest BCUT2D eigenvalue weighted by atomic mass is 16.3. The van der Waals surface area contributed by atoms with Crippen LogP contribution in [0.2, 0.25) is 0 Å². The molecule has 66 heavy (non-hydrogen) atoms. The molecular formula is C62H61N3O. The quantitative estimate of drug-likeness (QED) is 0.141. The SMILES string of the molecule is CC(C)Cc1ccc(-n2c(-c3cc(C(C)C)cc(C(C)C)c3O)nc3c(-c4cc(-c5cc(-c6ccc(-c7ccccc7)cc6)ccn5)cc(C(C)(C)C)c4)cccc32)c(-c2ccccc2)c1. The fraction of sp³-hybridized carbons (Fsp3) is 0.226. The molecule has 0 aliphatic rings. The van der Waals surface area contributed by atoms with Crippen molar-refractivity contribution in [2.45, 2.75) is 86.0 Å². The molecule has 0 aliphatic heterocycles. The molecule has 9 rings (SSSR count). The number of fused-ring (bicyclic) bond motifs is 1. The van der Waals surface area contributed by atoms with Crippen molar-refractivity contribution in [3.8, 4) is 78.6 Å². The molecule has 0 amide bonds. The fourth-order valence-corrected chi connectivity index (χ4v) is 9.22. The molecule has 2 aromatic heterocycles. The lowest BCUT2D eigenvalue weighted by molar-refractivity contribution is 0.466. The Balaban J connectivity index is 1.27. The third kappa shape index (κ3) is 8.85. The molecule has 4 heteroatoms. The second-order valence-electron chi connectivity index (χ2n) is 20.0. The Morgan fingerprint density at radius 2 is 1.18 bits per heavy atom. The van der Waals surface area contributed by atoms with Crippen molar-refractivity contribution < 1.29 is 5.11 Å². The molecule has 330 valence electrons. The number of hydrogen-bond donors (Lipinski definition) is 1. The number of imidazole rings is 1. The van der Waals surface area contributed by atoms with Gasteiger partial charge in [0.1, 0.15) is 11.6 Å². The number of benzene rings is 7. The predicted molar refractivity (Wildman–Crippen MR) is 279 cm³/mol. The maximum absolute atomic E-state index is 12.3. The number of hydrogen-bond acceptors (Lipinski definition) is 3. The molecule has 0 atom stereocenters. The molecule has 1 N–H and O–H groups in total. The molecule has 7 aromatic carbocycles. The normalized spacial score (nSPS) is 11.9. The van der Waals surface area contributed by atoms with E-state index >= 15 is 0 Å². The summed E-state index contributed by atoms with van der Waals surface area (Å²) in [4.78, 5) is 10.7. The summed E-state index contributed by atoms with van der Waals surface area (Å²) < 4.78 is 2.30. The summed E-state index contributed by atoms with van der Waals surface area (Å²) in [6, 6.07) is 58.9. The number of phenols is 1. The monoisotopic (exact) mass is 863 g/mol. The van der Waals surface area contributed by atoms with Gasteiger partial charge in [-0.2, -0.15) is 0 Å². The number of phenolic OH excluding ortho intramolecular Hbond substituents is 1. The highest BCUT2D eigenvalue weighted by molar-refractivity contribution is 5.98. The molecule has 9 aromatic rings. The Bertz CT molecular complexity index is 3170. The minimum Gasteiger partial charge on any atom is -0.507 e. The zero-order valence-electron chi connectivity index (χ0n) is 39.9. The van der Waals surface area contributed by atoms with Crippen LogP contribution in [0.1, 0.15) is 96.4 Å². The molecule has 0 saturated carbocycles. The van der Waals surface area contributed by atoms with E-state index in [1.54, 1.807) is 0 Å². The zero-order chi connectivity index (χ0) is 46.3. The predicted octanol–water partition coefficient (Wildman–Crippen LogP) is 16.9. The molecule has 0 bridgehead atoms. The summed E-state index contributed by atoms with van der Waals surface area (Å²) in [5.41, 5.74) is 19.0. The maximum Gasteiger partial charge on any atom is 0.149 e. The van der Waals surface area contributed by atoms with Crippen LogP contribution in [0.3, 0.4) is 0 Å². The molecular weight excluding hydrogens is 803 g/mol. The van der Waals surface area contributed by atoms with Crippen LogP contribution in [0.25, 0.3) is 83.9 Å². The Hall–Kier alpha value is -7.04. The zero-order valence-corrected chi connectivity index (χ0v) is 39.9. The first-order valence-electron chi connectivity index (χ1n) is 23.6. The third-order valence-corrected chi connectivity index (χ3v) is 12.9. The van der Waals surface area contributed by atoms with Gasteiger partial charge in [0.25, 0.3) is 0 Å². The minimum atomic E-state index is -0.146. The first kappa shape index (κ1) is 44.2.